The average molecular weight is 534 g/mol. The first kappa shape index (κ1) is 29.7. The largest absolute Gasteiger partial charge is 0.492 e. The lowest BCUT2D eigenvalue weighted by Gasteiger charge is -2.22. The molecule has 1 amide bonds. The highest BCUT2D eigenvalue weighted by Gasteiger charge is 2.18. The zero-order valence-electron chi connectivity index (χ0n) is 22.7. The molecule has 208 valence electrons. The molecule has 39 heavy (non-hydrogen) atoms. The van der Waals surface area contributed by atoms with Gasteiger partial charge in [0.15, 0.2) is 6.10 Å². The number of carboxylic acid groups (broad SMARTS) is 1. The van der Waals surface area contributed by atoms with Crippen LogP contribution in [0.2, 0.25) is 0 Å². The summed E-state index contributed by atoms with van der Waals surface area (Å²) in [6.07, 6.45) is 2.55. The first-order valence-electron chi connectivity index (χ1n) is 13.6. The van der Waals surface area contributed by atoms with Crippen LogP contribution in [-0.4, -0.2) is 61.1 Å². The lowest BCUT2D eigenvalue weighted by atomic mass is 10.1. The van der Waals surface area contributed by atoms with Crippen LogP contribution in [0.15, 0.2) is 84.9 Å². The summed E-state index contributed by atoms with van der Waals surface area (Å²) in [4.78, 5) is 25.9. The van der Waals surface area contributed by atoms with Crippen molar-refractivity contribution in [3.8, 4) is 5.75 Å². The maximum absolute atomic E-state index is 12.9. The number of aliphatic carboxylic acids is 1. The lowest BCUT2D eigenvalue weighted by Crippen LogP contribution is -2.36. The number of aryl methyl sites for hydroxylation is 1. The molecule has 1 N–H and O–H groups in total. The molecule has 1 unspecified atom stereocenters. The van der Waals surface area contributed by atoms with Gasteiger partial charge in [-0.15, -0.1) is 0 Å². The highest BCUT2D eigenvalue weighted by Crippen LogP contribution is 2.15. The first-order chi connectivity index (χ1) is 19.0. The van der Waals surface area contributed by atoms with Crippen LogP contribution >= 0.6 is 0 Å². The van der Waals surface area contributed by atoms with Crippen molar-refractivity contribution in [1.29, 1.82) is 0 Å². The summed E-state index contributed by atoms with van der Waals surface area (Å²) in [7, 11) is 0. The van der Waals surface area contributed by atoms with Crippen LogP contribution in [0.25, 0.3) is 0 Å². The Balaban J connectivity index is 1.48. The minimum atomic E-state index is -0.975. The summed E-state index contributed by atoms with van der Waals surface area (Å²) in [5.41, 5.74) is 3.27. The molecular weight excluding hydrogens is 494 g/mol. The van der Waals surface area contributed by atoms with Gasteiger partial charge < -0.3 is 24.2 Å². The van der Waals surface area contributed by atoms with Gasteiger partial charge in [-0.2, -0.15) is 0 Å². The van der Waals surface area contributed by atoms with Crippen LogP contribution in [-0.2, 0) is 33.5 Å². The highest BCUT2D eigenvalue weighted by molar-refractivity contribution is 5.72. The number of carbonyl (C=O) groups excluding carboxylic acids is 1. The Hall–Kier alpha value is -3.84. The summed E-state index contributed by atoms with van der Waals surface area (Å²) < 4.78 is 16.8. The number of carboxylic acids is 1. The molecule has 7 heteroatoms. The Morgan fingerprint density at radius 1 is 0.769 bits per heavy atom. The molecule has 0 aliphatic heterocycles. The van der Waals surface area contributed by atoms with E-state index in [-0.39, 0.29) is 12.5 Å². The molecule has 0 heterocycles. The highest BCUT2D eigenvalue weighted by atomic mass is 16.6. The molecular formula is C32H39NO6. The lowest BCUT2D eigenvalue weighted by molar-refractivity contribution is -0.149. The van der Waals surface area contributed by atoms with Gasteiger partial charge in [0.1, 0.15) is 12.4 Å². The SMILES string of the molecule is CCOC(Cc1ccc(OCCN(CCCCc2ccccc2)C(=O)OCCc2ccccc2)cc1)C(=O)O. The van der Waals surface area contributed by atoms with E-state index in [4.69, 9.17) is 14.2 Å². The Kier molecular flexibility index (Phi) is 12.9. The second kappa shape index (κ2) is 16.9. The minimum Gasteiger partial charge on any atom is -0.492 e. The summed E-state index contributed by atoms with van der Waals surface area (Å²) in [5.74, 6) is -0.319. The number of nitrogens with zero attached hydrogens (tertiary/aromatic N) is 1. The number of rotatable bonds is 17. The van der Waals surface area contributed by atoms with E-state index in [1.807, 2.05) is 72.8 Å². The number of hydrogen-bond donors (Lipinski definition) is 1. The Bertz CT molecular complexity index is 1100. The fourth-order valence-corrected chi connectivity index (χ4v) is 4.19. The van der Waals surface area contributed by atoms with Gasteiger partial charge in [-0.05, 0) is 55.0 Å². The molecule has 1 atom stereocenters. The zero-order valence-corrected chi connectivity index (χ0v) is 22.7. The molecule has 7 nitrogen and oxygen atoms in total. The number of carbonyl (C=O) groups is 2. The van der Waals surface area contributed by atoms with E-state index in [2.05, 4.69) is 12.1 Å². The summed E-state index contributed by atoms with van der Waals surface area (Å²) in [5, 5.41) is 9.29. The van der Waals surface area contributed by atoms with Crippen LogP contribution in [0.1, 0.15) is 36.5 Å². The van der Waals surface area contributed by atoms with E-state index in [9.17, 15) is 14.7 Å². The molecule has 0 aliphatic rings. The van der Waals surface area contributed by atoms with Crippen molar-refractivity contribution < 1.29 is 28.9 Å². The molecule has 0 fully saturated rings. The van der Waals surface area contributed by atoms with Crippen LogP contribution in [0.5, 0.6) is 5.75 Å². The van der Waals surface area contributed by atoms with Gasteiger partial charge in [0.05, 0.1) is 13.2 Å². The fraction of sp³-hybridized carbons (Fsp3) is 0.375. The molecule has 0 saturated heterocycles. The van der Waals surface area contributed by atoms with Gasteiger partial charge in [0.25, 0.3) is 0 Å². The van der Waals surface area contributed by atoms with Gasteiger partial charge >= 0.3 is 12.1 Å². The van der Waals surface area contributed by atoms with E-state index in [0.717, 1.165) is 30.4 Å². The number of benzene rings is 3. The summed E-state index contributed by atoms with van der Waals surface area (Å²) in [6, 6.07) is 27.6. The molecule has 0 bridgehead atoms. The number of ether oxygens (including phenoxy) is 3. The normalized spacial score (nSPS) is 11.5. The topological polar surface area (TPSA) is 85.3 Å². The Morgan fingerprint density at radius 2 is 1.41 bits per heavy atom. The Morgan fingerprint density at radius 3 is 2.03 bits per heavy atom. The summed E-state index contributed by atoms with van der Waals surface area (Å²) >= 11 is 0. The van der Waals surface area contributed by atoms with Crippen LogP contribution < -0.4 is 4.74 Å². The van der Waals surface area contributed by atoms with Gasteiger partial charge in [-0.3, -0.25) is 0 Å². The van der Waals surface area contributed by atoms with Gasteiger partial charge in [-0.25, -0.2) is 9.59 Å². The predicted molar refractivity (Wildman–Crippen MR) is 151 cm³/mol. The molecule has 0 radical (unpaired) electrons. The predicted octanol–water partition coefficient (Wildman–Crippen LogP) is 5.80. The standard InChI is InChI=1S/C32H39NO6/c1-2-37-30(31(34)35)25-28-16-18-29(19-17-28)38-24-22-33(21-10-9-15-26-11-5-3-6-12-26)32(36)39-23-20-27-13-7-4-8-14-27/h3-8,11-14,16-19,30H,2,9-10,15,20-25H2,1H3,(H,34,35). The van der Waals surface area contributed by atoms with Crippen molar-refractivity contribution in [1.82, 2.24) is 4.90 Å². The van der Waals surface area contributed by atoms with Crippen LogP contribution in [0.3, 0.4) is 0 Å². The van der Waals surface area contributed by atoms with E-state index in [1.54, 1.807) is 11.8 Å². The van der Waals surface area contributed by atoms with Crippen molar-refractivity contribution in [2.24, 2.45) is 0 Å². The molecule has 0 spiro atoms. The van der Waals surface area contributed by atoms with Crippen molar-refractivity contribution in [2.45, 2.75) is 45.1 Å². The molecule has 0 aliphatic carbocycles. The van der Waals surface area contributed by atoms with Gasteiger partial charge in [0.2, 0.25) is 0 Å². The number of amides is 1. The van der Waals surface area contributed by atoms with E-state index in [0.29, 0.717) is 45.1 Å². The molecule has 3 aromatic carbocycles. The monoisotopic (exact) mass is 533 g/mol. The molecule has 3 aromatic rings. The third kappa shape index (κ3) is 11.2. The van der Waals surface area contributed by atoms with Crippen molar-refractivity contribution >= 4 is 12.1 Å². The number of hydrogen-bond acceptors (Lipinski definition) is 5. The summed E-state index contributed by atoms with van der Waals surface area (Å²) in [6.45, 7) is 3.76. The van der Waals surface area contributed by atoms with E-state index in [1.165, 1.54) is 5.56 Å². The van der Waals surface area contributed by atoms with E-state index >= 15 is 0 Å². The van der Waals surface area contributed by atoms with Gasteiger partial charge in [0, 0.05) is 26.0 Å². The van der Waals surface area contributed by atoms with Crippen molar-refractivity contribution in [2.75, 3.05) is 32.9 Å². The average Bonchev–Trinajstić information content (AvgIpc) is 2.96. The first-order valence-corrected chi connectivity index (χ1v) is 13.6. The Labute approximate surface area is 231 Å². The maximum atomic E-state index is 12.9. The van der Waals surface area contributed by atoms with Crippen LogP contribution in [0, 0.1) is 0 Å². The van der Waals surface area contributed by atoms with Crippen molar-refractivity contribution in [3.05, 3.63) is 102 Å². The minimum absolute atomic E-state index is 0.287. The molecule has 0 aromatic heterocycles. The molecule has 0 saturated carbocycles. The quantitative estimate of drug-likeness (QED) is 0.221. The second-order valence-corrected chi connectivity index (χ2v) is 9.26. The second-order valence-electron chi connectivity index (χ2n) is 9.26. The third-order valence-electron chi connectivity index (χ3n) is 6.32. The molecule has 3 rings (SSSR count). The third-order valence-corrected chi connectivity index (χ3v) is 6.32. The van der Waals surface area contributed by atoms with E-state index < -0.39 is 12.1 Å². The van der Waals surface area contributed by atoms with Crippen molar-refractivity contribution in [3.63, 3.8) is 0 Å². The smallest absolute Gasteiger partial charge is 0.409 e. The zero-order chi connectivity index (χ0) is 27.7. The van der Waals surface area contributed by atoms with Gasteiger partial charge in [-0.1, -0.05) is 72.8 Å². The number of unbranched alkanes of at least 4 members (excludes halogenated alkanes) is 1. The van der Waals surface area contributed by atoms with Crippen LogP contribution in [0.4, 0.5) is 4.79 Å². The maximum Gasteiger partial charge on any atom is 0.409 e. The fourth-order valence-electron chi connectivity index (χ4n) is 4.19.